The highest BCUT2D eigenvalue weighted by molar-refractivity contribution is 5.49. The van der Waals surface area contributed by atoms with Crippen LogP contribution in [0.3, 0.4) is 0 Å². The van der Waals surface area contributed by atoms with Gasteiger partial charge in [-0.15, -0.1) is 0 Å². The van der Waals surface area contributed by atoms with E-state index in [0.717, 1.165) is 12.4 Å². The van der Waals surface area contributed by atoms with Gasteiger partial charge in [-0.1, -0.05) is 26.8 Å². The molecule has 1 aliphatic heterocycles. The molecular formula is C12H18N2. The van der Waals surface area contributed by atoms with Crippen molar-refractivity contribution in [2.45, 2.75) is 39.0 Å². The van der Waals surface area contributed by atoms with Gasteiger partial charge in [0.2, 0.25) is 0 Å². The number of nitrogens with zero attached hydrogens (tertiary/aromatic N) is 1. The summed E-state index contributed by atoms with van der Waals surface area (Å²) in [6, 6.07) is 4.39. The first-order valence-electron chi connectivity index (χ1n) is 5.43. The zero-order valence-electron chi connectivity index (χ0n) is 9.17. The van der Waals surface area contributed by atoms with Gasteiger partial charge in [0.1, 0.15) is 5.82 Å². The standard InChI is InChI=1S/C12H18N2/c1-8(2)11-5-4-10-9(3)6-7-13-12(10)14-11/h4-5,8-9H,6-7H2,1-3H3,(H,13,14). The van der Waals surface area contributed by atoms with Crippen LogP contribution in [0.4, 0.5) is 5.82 Å². The molecule has 0 spiro atoms. The second-order valence-electron chi connectivity index (χ2n) is 4.45. The molecule has 0 aliphatic carbocycles. The largest absolute Gasteiger partial charge is 0.370 e. The van der Waals surface area contributed by atoms with Crippen molar-refractivity contribution in [3.8, 4) is 0 Å². The SMILES string of the molecule is CC(C)c1ccc2c(n1)NCCC2C. The van der Waals surface area contributed by atoms with E-state index >= 15 is 0 Å². The van der Waals surface area contributed by atoms with E-state index in [1.54, 1.807) is 0 Å². The average molecular weight is 190 g/mol. The fraction of sp³-hybridized carbons (Fsp3) is 0.583. The maximum absolute atomic E-state index is 4.65. The van der Waals surface area contributed by atoms with Crippen LogP contribution in [0.15, 0.2) is 12.1 Å². The number of hydrogen-bond donors (Lipinski definition) is 1. The summed E-state index contributed by atoms with van der Waals surface area (Å²) in [5.74, 6) is 2.27. The molecule has 1 aromatic heterocycles. The van der Waals surface area contributed by atoms with Crippen LogP contribution < -0.4 is 5.32 Å². The van der Waals surface area contributed by atoms with Crippen molar-refractivity contribution in [1.29, 1.82) is 0 Å². The predicted octanol–water partition coefficient (Wildman–Crippen LogP) is 3.12. The van der Waals surface area contributed by atoms with Gasteiger partial charge < -0.3 is 5.32 Å². The van der Waals surface area contributed by atoms with Crippen LogP contribution >= 0.6 is 0 Å². The van der Waals surface area contributed by atoms with Crippen molar-refractivity contribution in [3.05, 3.63) is 23.4 Å². The molecule has 0 radical (unpaired) electrons. The fourth-order valence-electron chi connectivity index (χ4n) is 1.91. The lowest BCUT2D eigenvalue weighted by Crippen LogP contribution is -2.17. The quantitative estimate of drug-likeness (QED) is 0.736. The molecule has 0 aromatic carbocycles. The zero-order chi connectivity index (χ0) is 10.1. The van der Waals surface area contributed by atoms with Crippen LogP contribution in [-0.2, 0) is 0 Å². The first-order valence-corrected chi connectivity index (χ1v) is 5.43. The molecule has 1 aromatic rings. The number of anilines is 1. The molecule has 0 amide bonds. The molecule has 1 unspecified atom stereocenters. The van der Waals surface area contributed by atoms with E-state index < -0.39 is 0 Å². The Morgan fingerprint density at radius 2 is 2.21 bits per heavy atom. The second kappa shape index (κ2) is 3.60. The van der Waals surface area contributed by atoms with Crippen molar-refractivity contribution in [2.75, 3.05) is 11.9 Å². The Bertz CT molecular complexity index is 331. The molecule has 2 nitrogen and oxygen atoms in total. The first kappa shape index (κ1) is 9.50. The molecule has 2 rings (SSSR count). The molecule has 0 fully saturated rings. The topological polar surface area (TPSA) is 24.9 Å². The number of fused-ring (bicyclic) bond motifs is 1. The summed E-state index contributed by atoms with van der Waals surface area (Å²) in [5, 5.41) is 3.38. The normalized spacial score (nSPS) is 20.4. The van der Waals surface area contributed by atoms with Gasteiger partial charge in [-0.25, -0.2) is 4.98 Å². The van der Waals surface area contributed by atoms with Gasteiger partial charge in [0.25, 0.3) is 0 Å². The van der Waals surface area contributed by atoms with E-state index in [0.29, 0.717) is 11.8 Å². The van der Waals surface area contributed by atoms with Crippen molar-refractivity contribution >= 4 is 5.82 Å². The number of nitrogens with one attached hydrogen (secondary N) is 1. The highest BCUT2D eigenvalue weighted by Gasteiger charge is 2.17. The number of pyridine rings is 1. The Morgan fingerprint density at radius 1 is 1.43 bits per heavy atom. The molecule has 1 N–H and O–H groups in total. The minimum Gasteiger partial charge on any atom is -0.370 e. The summed E-state index contributed by atoms with van der Waals surface area (Å²) < 4.78 is 0. The van der Waals surface area contributed by atoms with Crippen LogP contribution in [0.25, 0.3) is 0 Å². The van der Waals surface area contributed by atoms with Crippen LogP contribution in [0.2, 0.25) is 0 Å². The Labute approximate surface area is 85.7 Å². The van der Waals surface area contributed by atoms with Crippen LogP contribution in [0, 0.1) is 0 Å². The average Bonchev–Trinajstić information content (AvgIpc) is 2.17. The number of rotatable bonds is 1. The Hall–Kier alpha value is -1.05. The van der Waals surface area contributed by atoms with Crippen LogP contribution in [-0.4, -0.2) is 11.5 Å². The smallest absolute Gasteiger partial charge is 0.129 e. The monoisotopic (exact) mass is 190 g/mol. The van der Waals surface area contributed by atoms with Gasteiger partial charge in [0.05, 0.1) is 0 Å². The molecule has 1 atom stereocenters. The number of aromatic nitrogens is 1. The van der Waals surface area contributed by atoms with Gasteiger partial charge >= 0.3 is 0 Å². The Balaban J connectivity index is 2.39. The lowest BCUT2D eigenvalue weighted by atomic mass is 9.94. The number of hydrogen-bond acceptors (Lipinski definition) is 2. The minimum atomic E-state index is 0.513. The molecule has 76 valence electrons. The molecule has 0 saturated heterocycles. The zero-order valence-corrected chi connectivity index (χ0v) is 9.17. The highest BCUT2D eigenvalue weighted by Crippen LogP contribution is 2.30. The van der Waals surface area contributed by atoms with E-state index in [2.05, 4.69) is 43.2 Å². The third-order valence-corrected chi connectivity index (χ3v) is 2.94. The molecule has 1 aliphatic rings. The molecule has 0 bridgehead atoms. The van der Waals surface area contributed by atoms with E-state index in [1.165, 1.54) is 17.7 Å². The molecule has 14 heavy (non-hydrogen) atoms. The van der Waals surface area contributed by atoms with Gasteiger partial charge in [0, 0.05) is 12.2 Å². The van der Waals surface area contributed by atoms with E-state index in [9.17, 15) is 0 Å². The second-order valence-corrected chi connectivity index (χ2v) is 4.45. The predicted molar refractivity (Wildman–Crippen MR) is 59.8 cm³/mol. The maximum atomic E-state index is 4.65. The summed E-state index contributed by atoms with van der Waals surface area (Å²) in [4.78, 5) is 4.65. The summed E-state index contributed by atoms with van der Waals surface area (Å²) >= 11 is 0. The highest BCUT2D eigenvalue weighted by atomic mass is 15.0. The third kappa shape index (κ3) is 1.61. The van der Waals surface area contributed by atoms with Gasteiger partial charge in [-0.3, -0.25) is 0 Å². The third-order valence-electron chi connectivity index (χ3n) is 2.94. The molecule has 2 heterocycles. The summed E-state index contributed by atoms with van der Waals surface area (Å²) in [6.07, 6.45) is 1.22. The van der Waals surface area contributed by atoms with Crippen LogP contribution in [0.5, 0.6) is 0 Å². The lowest BCUT2D eigenvalue weighted by Gasteiger charge is -2.23. The van der Waals surface area contributed by atoms with Crippen molar-refractivity contribution < 1.29 is 0 Å². The maximum Gasteiger partial charge on any atom is 0.129 e. The summed E-state index contributed by atoms with van der Waals surface area (Å²) in [7, 11) is 0. The van der Waals surface area contributed by atoms with Gasteiger partial charge in [-0.05, 0) is 29.9 Å². The first-order chi connectivity index (χ1) is 6.68. The minimum absolute atomic E-state index is 0.513. The molecular weight excluding hydrogens is 172 g/mol. The van der Waals surface area contributed by atoms with Gasteiger partial charge in [0.15, 0.2) is 0 Å². The van der Waals surface area contributed by atoms with E-state index in [-0.39, 0.29) is 0 Å². The Kier molecular flexibility index (Phi) is 2.44. The van der Waals surface area contributed by atoms with Crippen molar-refractivity contribution in [2.24, 2.45) is 0 Å². The fourth-order valence-corrected chi connectivity index (χ4v) is 1.91. The molecule has 0 saturated carbocycles. The summed E-state index contributed by atoms with van der Waals surface area (Å²) in [6.45, 7) is 7.70. The van der Waals surface area contributed by atoms with E-state index in [1.807, 2.05) is 0 Å². The van der Waals surface area contributed by atoms with Crippen molar-refractivity contribution in [3.63, 3.8) is 0 Å². The van der Waals surface area contributed by atoms with Crippen molar-refractivity contribution in [1.82, 2.24) is 4.98 Å². The molecule has 2 heteroatoms. The van der Waals surface area contributed by atoms with Gasteiger partial charge in [-0.2, -0.15) is 0 Å². The summed E-state index contributed by atoms with van der Waals surface area (Å²) in [5.41, 5.74) is 2.56. The van der Waals surface area contributed by atoms with E-state index in [4.69, 9.17) is 0 Å². The van der Waals surface area contributed by atoms with Crippen LogP contribution in [0.1, 0.15) is 50.3 Å². The lowest BCUT2D eigenvalue weighted by molar-refractivity contribution is 0.672. The Morgan fingerprint density at radius 3 is 2.93 bits per heavy atom.